The molecule has 0 aliphatic carbocycles. The lowest BCUT2D eigenvalue weighted by Crippen LogP contribution is -2.46. The van der Waals surface area contributed by atoms with Gasteiger partial charge < -0.3 is 13.8 Å². The Morgan fingerprint density at radius 3 is 2.84 bits per heavy atom. The van der Waals surface area contributed by atoms with Crippen LogP contribution in [0.1, 0.15) is 41.3 Å². The highest BCUT2D eigenvalue weighted by molar-refractivity contribution is 7.42. The topological polar surface area (TPSA) is 91.8 Å². The van der Waals surface area contributed by atoms with Gasteiger partial charge in [-0.3, -0.25) is 18.9 Å². The molecule has 4 radical (unpaired) electrons. The second-order valence-electron chi connectivity index (χ2n) is 7.61. The van der Waals surface area contributed by atoms with Crippen LogP contribution in [-0.2, 0) is 20.4 Å². The molecule has 2 aliphatic heterocycles. The zero-order valence-electron chi connectivity index (χ0n) is 17.1. The lowest BCUT2D eigenvalue weighted by atomic mass is 9.61. The number of nitrogens with zero attached hydrogens (tertiary/aromatic N) is 1. The number of nitrogens with one attached hydrogen (secondary N) is 1. The second-order valence-corrected chi connectivity index (χ2v) is 8.68. The van der Waals surface area contributed by atoms with Crippen molar-refractivity contribution in [3.63, 3.8) is 0 Å². The molecule has 1 aromatic heterocycles. The molecule has 0 amide bonds. The van der Waals surface area contributed by atoms with Crippen LogP contribution >= 0.6 is 8.60 Å². The van der Waals surface area contributed by atoms with Crippen molar-refractivity contribution in [1.29, 1.82) is 0 Å². The number of aromatic amines is 1. The van der Waals surface area contributed by atoms with E-state index in [-0.39, 0.29) is 5.56 Å². The van der Waals surface area contributed by atoms with Crippen LogP contribution in [0.4, 0.5) is 0 Å². The van der Waals surface area contributed by atoms with E-state index in [1.54, 1.807) is 0 Å². The molecule has 0 saturated carbocycles. The number of H-pyrrole nitrogens is 1. The first-order valence-corrected chi connectivity index (χ1v) is 10.7. The van der Waals surface area contributed by atoms with Gasteiger partial charge in [0.2, 0.25) is 0 Å². The molecule has 2 aromatic rings. The number of rotatable bonds is 4. The van der Waals surface area contributed by atoms with E-state index in [4.69, 9.17) is 40.4 Å². The molecule has 1 aromatic carbocycles. The third-order valence-corrected chi connectivity index (χ3v) is 6.29. The van der Waals surface area contributed by atoms with Crippen molar-refractivity contribution in [1.82, 2.24) is 9.55 Å². The summed E-state index contributed by atoms with van der Waals surface area (Å²) >= 11 is 0. The van der Waals surface area contributed by atoms with Gasteiger partial charge in [-0.25, -0.2) is 4.79 Å². The summed E-state index contributed by atoms with van der Waals surface area (Å²) in [5.74, 6) is 2.93. The van der Waals surface area contributed by atoms with E-state index in [1.807, 2.05) is 26.0 Å². The minimum Gasteiger partial charge on any atom is -0.426 e. The van der Waals surface area contributed by atoms with Crippen molar-refractivity contribution in [3.05, 3.63) is 61.4 Å². The van der Waals surface area contributed by atoms with E-state index in [0.29, 0.717) is 25.2 Å². The number of fused-ring (bicyclic) bond motifs is 1. The Morgan fingerprint density at radius 2 is 2.10 bits per heavy atom. The molecule has 3 atom stereocenters. The van der Waals surface area contributed by atoms with Gasteiger partial charge in [0, 0.05) is 17.2 Å². The van der Waals surface area contributed by atoms with Gasteiger partial charge in [0.05, 0.1) is 12.7 Å². The first-order chi connectivity index (χ1) is 14.7. The minimum atomic E-state index is -1.85. The number of hydrogen-bond acceptors (Lipinski definition) is 6. The van der Waals surface area contributed by atoms with Gasteiger partial charge in [-0.05, 0) is 32.3 Å². The molecule has 1 fully saturated rings. The molecule has 0 spiro atoms. The Bertz CT molecular complexity index is 1170. The SMILES string of the molecule is [B]C([B])(OP1OCc2cc(C)cc(C)c2O1)C1CCC(n2cc(C#C)c(=O)[nH]c2=O)O1. The summed E-state index contributed by atoms with van der Waals surface area (Å²) in [5, 5.41) is -1.72. The molecular weight excluding hydrogens is 417 g/mol. The predicted octanol–water partition coefficient (Wildman–Crippen LogP) is 1.66. The van der Waals surface area contributed by atoms with E-state index >= 15 is 0 Å². The molecule has 31 heavy (non-hydrogen) atoms. The Labute approximate surface area is 183 Å². The number of terminal acetylenes is 1. The molecule has 2 aliphatic rings. The third-order valence-electron chi connectivity index (χ3n) is 5.15. The van der Waals surface area contributed by atoms with E-state index in [0.717, 1.165) is 16.7 Å². The van der Waals surface area contributed by atoms with Gasteiger partial charge in [-0.2, -0.15) is 0 Å². The van der Waals surface area contributed by atoms with Crippen LogP contribution in [0.3, 0.4) is 0 Å². The number of benzene rings is 1. The highest BCUT2D eigenvalue weighted by atomic mass is 31.2. The molecule has 1 saturated heterocycles. The van der Waals surface area contributed by atoms with Crippen LogP contribution in [0.5, 0.6) is 5.75 Å². The maximum absolute atomic E-state index is 12.2. The highest BCUT2D eigenvalue weighted by Crippen LogP contribution is 2.51. The smallest absolute Gasteiger partial charge is 0.396 e. The highest BCUT2D eigenvalue weighted by Gasteiger charge is 2.41. The third kappa shape index (κ3) is 4.37. The fraction of sp³-hybridized carbons (Fsp3) is 0.400. The minimum absolute atomic E-state index is 0.0198. The summed E-state index contributed by atoms with van der Waals surface area (Å²) in [7, 11) is 10.6. The summed E-state index contributed by atoms with van der Waals surface area (Å²) in [6.07, 6.45) is 5.96. The molecular formula is C20H19B2N2O6P. The molecule has 11 heteroatoms. The molecule has 8 nitrogen and oxygen atoms in total. The fourth-order valence-electron chi connectivity index (χ4n) is 3.69. The average Bonchev–Trinajstić information content (AvgIpc) is 3.19. The summed E-state index contributed by atoms with van der Waals surface area (Å²) in [4.78, 5) is 26.0. The van der Waals surface area contributed by atoms with Crippen molar-refractivity contribution in [2.24, 2.45) is 0 Å². The van der Waals surface area contributed by atoms with Crippen molar-refractivity contribution >= 4 is 24.3 Å². The van der Waals surface area contributed by atoms with Crippen molar-refractivity contribution in [2.75, 3.05) is 0 Å². The molecule has 3 unspecified atom stereocenters. The zero-order valence-corrected chi connectivity index (χ0v) is 18.0. The van der Waals surface area contributed by atoms with Gasteiger partial charge in [0.15, 0.2) is 0 Å². The van der Waals surface area contributed by atoms with Gasteiger partial charge in [-0.15, -0.1) is 6.42 Å². The van der Waals surface area contributed by atoms with Crippen LogP contribution in [0, 0.1) is 26.2 Å². The Kier molecular flexibility index (Phi) is 5.89. The van der Waals surface area contributed by atoms with Crippen molar-refractivity contribution in [2.45, 2.75) is 51.0 Å². The Hall–Kier alpha value is -2.30. The summed E-state index contributed by atoms with van der Waals surface area (Å²) in [6.45, 7) is 4.26. The lowest BCUT2D eigenvalue weighted by Gasteiger charge is -2.36. The van der Waals surface area contributed by atoms with E-state index < -0.39 is 37.6 Å². The van der Waals surface area contributed by atoms with E-state index in [1.165, 1.54) is 10.8 Å². The number of hydrogen-bond donors (Lipinski definition) is 1. The predicted molar refractivity (Wildman–Crippen MR) is 116 cm³/mol. The summed E-state index contributed by atoms with van der Waals surface area (Å²) in [5.41, 5.74) is 1.76. The molecule has 156 valence electrons. The number of aromatic nitrogens is 2. The molecule has 0 bridgehead atoms. The molecule has 3 heterocycles. The Balaban J connectivity index is 1.46. The summed E-state index contributed by atoms with van der Waals surface area (Å²) in [6, 6.07) is 4.00. The zero-order chi connectivity index (χ0) is 22.3. The largest absolute Gasteiger partial charge is 0.426 e. The Morgan fingerprint density at radius 1 is 1.32 bits per heavy atom. The maximum Gasteiger partial charge on any atom is 0.396 e. The van der Waals surface area contributed by atoms with Gasteiger partial charge in [0.25, 0.3) is 5.56 Å². The quantitative estimate of drug-likeness (QED) is 0.446. The normalized spacial score (nSPS) is 23.1. The van der Waals surface area contributed by atoms with Crippen LogP contribution < -0.4 is 15.8 Å². The van der Waals surface area contributed by atoms with Gasteiger partial charge in [-0.1, -0.05) is 23.6 Å². The first-order valence-electron chi connectivity index (χ1n) is 9.63. The second kappa shape index (κ2) is 8.33. The monoisotopic (exact) mass is 436 g/mol. The lowest BCUT2D eigenvalue weighted by molar-refractivity contribution is -0.0469. The average molecular weight is 436 g/mol. The van der Waals surface area contributed by atoms with Crippen LogP contribution in [0.25, 0.3) is 0 Å². The van der Waals surface area contributed by atoms with Crippen LogP contribution in [0.2, 0.25) is 0 Å². The number of ether oxygens (including phenoxy) is 1. The molecule has 1 N–H and O–H groups in total. The van der Waals surface area contributed by atoms with E-state index in [2.05, 4.69) is 10.9 Å². The summed E-state index contributed by atoms with van der Waals surface area (Å²) < 4.78 is 24.4. The maximum atomic E-state index is 12.2. The number of aryl methyl sites for hydroxylation is 2. The first kappa shape index (κ1) is 21.9. The van der Waals surface area contributed by atoms with Crippen LogP contribution in [-0.4, -0.2) is 36.7 Å². The van der Waals surface area contributed by atoms with Crippen molar-refractivity contribution < 1.29 is 18.3 Å². The van der Waals surface area contributed by atoms with Gasteiger partial charge in [0.1, 0.15) is 33.2 Å². The van der Waals surface area contributed by atoms with Crippen molar-refractivity contribution in [3.8, 4) is 18.1 Å². The van der Waals surface area contributed by atoms with Crippen LogP contribution in [0.15, 0.2) is 27.9 Å². The molecule has 4 rings (SSSR count). The van der Waals surface area contributed by atoms with E-state index in [9.17, 15) is 9.59 Å². The standard InChI is InChI=1S/C20H19B2N2O6P/c1-4-13-9-24(19(26)23-18(13)25)16-6-5-15(28-16)20(21,22)30-31-27-10-14-8-11(2)7-12(3)17(14)29-31/h1,7-9,15-16H,5-6,10H2,2-3H3,(H,23,25,26). The fourth-order valence-corrected chi connectivity index (χ4v) is 4.87. The van der Waals surface area contributed by atoms with Gasteiger partial charge >= 0.3 is 14.3 Å².